The van der Waals surface area contributed by atoms with Gasteiger partial charge >= 0.3 is 0 Å². The van der Waals surface area contributed by atoms with E-state index in [1.807, 2.05) is 0 Å². The van der Waals surface area contributed by atoms with Crippen LogP contribution in [0.3, 0.4) is 0 Å². The molecule has 1 saturated heterocycles. The third kappa shape index (κ3) is 2.40. The van der Waals surface area contributed by atoms with Gasteiger partial charge in [-0.2, -0.15) is 0 Å². The van der Waals surface area contributed by atoms with Crippen LogP contribution in [0.1, 0.15) is 23.7 Å². The molecule has 0 aromatic heterocycles. The maximum absolute atomic E-state index is 14.0. The predicted molar refractivity (Wildman–Crippen MR) is 62.5 cm³/mol. The predicted octanol–water partition coefficient (Wildman–Crippen LogP) is 0.678. The van der Waals surface area contributed by atoms with Crippen molar-refractivity contribution >= 4 is 0 Å². The summed E-state index contributed by atoms with van der Waals surface area (Å²) in [5.41, 5.74) is 0.656. The largest absolute Gasteiger partial charge is 0.394 e. The van der Waals surface area contributed by atoms with Gasteiger partial charge in [0, 0.05) is 12.0 Å². The topological polar surface area (TPSA) is 69.9 Å². The van der Waals surface area contributed by atoms with E-state index in [9.17, 15) is 14.6 Å². The molecular formula is C13H17FO4. The van der Waals surface area contributed by atoms with Crippen LogP contribution in [0.4, 0.5) is 4.39 Å². The molecule has 0 spiro atoms. The lowest BCUT2D eigenvalue weighted by Gasteiger charge is -2.37. The van der Waals surface area contributed by atoms with Gasteiger partial charge in [0.2, 0.25) is 0 Å². The highest BCUT2D eigenvalue weighted by Gasteiger charge is 2.38. The molecule has 1 aliphatic rings. The van der Waals surface area contributed by atoms with E-state index in [1.165, 1.54) is 6.07 Å². The Hall–Kier alpha value is -1.01. The van der Waals surface area contributed by atoms with E-state index in [0.717, 1.165) is 0 Å². The van der Waals surface area contributed by atoms with Gasteiger partial charge in [0.25, 0.3) is 0 Å². The van der Waals surface area contributed by atoms with Gasteiger partial charge in [-0.15, -0.1) is 0 Å². The molecule has 1 fully saturated rings. The molecule has 3 N–H and O–H groups in total. The third-order valence-corrected chi connectivity index (χ3v) is 3.28. The minimum absolute atomic E-state index is 0.140. The Morgan fingerprint density at radius 3 is 2.78 bits per heavy atom. The fourth-order valence-electron chi connectivity index (χ4n) is 2.22. The minimum Gasteiger partial charge on any atom is -0.394 e. The molecular weight excluding hydrogens is 239 g/mol. The van der Waals surface area contributed by atoms with Gasteiger partial charge < -0.3 is 20.1 Å². The number of hydrogen-bond donors (Lipinski definition) is 3. The van der Waals surface area contributed by atoms with Gasteiger partial charge in [-0.1, -0.05) is 18.2 Å². The highest BCUT2D eigenvalue weighted by atomic mass is 19.1. The molecule has 4 nitrogen and oxygen atoms in total. The van der Waals surface area contributed by atoms with E-state index in [4.69, 9.17) is 9.84 Å². The monoisotopic (exact) mass is 256 g/mol. The Balaban J connectivity index is 2.32. The SMILES string of the molecule is Cc1cccc([C@H]2OC(CO)CC(O)C2O)c1F. The quantitative estimate of drug-likeness (QED) is 0.727. The maximum Gasteiger partial charge on any atom is 0.132 e. The summed E-state index contributed by atoms with van der Waals surface area (Å²) in [6.45, 7) is 1.35. The van der Waals surface area contributed by atoms with Crippen molar-refractivity contribution < 1.29 is 24.4 Å². The number of aryl methyl sites for hydroxylation is 1. The zero-order chi connectivity index (χ0) is 13.3. The van der Waals surface area contributed by atoms with E-state index in [-0.39, 0.29) is 18.6 Å². The zero-order valence-electron chi connectivity index (χ0n) is 10.1. The van der Waals surface area contributed by atoms with Crippen molar-refractivity contribution in [2.24, 2.45) is 0 Å². The van der Waals surface area contributed by atoms with Crippen LogP contribution in [-0.4, -0.2) is 40.2 Å². The second-order valence-electron chi connectivity index (χ2n) is 4.63. The average molecular weight is 256 g/mol. The van der Waals surface area contributed by atoms with Crippen LogP contribution in [0.2, 0.25) is 0 Å². The van der Waals surface area contributed by atoms with E-state index in [1.54, 1.807) is 19.1 Å². The number of aliphatic hydroxyl groups is 3. The summed E-state index contributed by atoms with van der Waals surface area (Å²) >= 11 is 0. The molecule has 4 atom stereocenters. The highest BCUT2D eigenvalue weighted by Crippen LogP contribution is 2.33. The normalized spacial score (nSPS) is 32.5. The molecule has 1 heterocycles. The van der Waals surface area contributed by atoms with Gasteiger partial charge in [0.05, 0.1) is 18.8 Å². The number of aliphatic hydroxyl groups excluding tert-OH is 3. The standard InChI is InChI=1S/C13H17FO4/c1-7-3-2-4-9(11(7)14)13-12(17)10(16)5-8(6-15)18-13/h2-4,8,10,12-13,15-17H,5-6H2,1H3/t8?,10?,12?,13-/m1/s1. The molecule has 0 saturated carbocycles. The summed E-state index contributed by atoms with van der Waals surface area (Å²) in [5, 5.41) is 28.7. The van der Waals surface area contributed by atoms with E-state index >= 15 is 0 Å². The molecule has 1 aromatic carbocycles. The fraction of sp³-hybridized carbons (Fsp3) is 0.538. The second kappa shape index (κ2) is 5.32. The first-order valence-corrected chi connectivity index (χ1v) is 5.92. The fourth-order valence-corrected chi connectivity index (χ4v) is 2.22. The summed E-state index contributed by atoms with van der Waals surface area (Å²) < 4.78 is 19.4. The molecule has 5 heteroatoms. The molecule has 0 amide bonds. The van der Waals surface area contributed by atoms with Crippen LogP contribution in [0.25, 0.3) is 0 Å². The van der Waals surface area contributed by atoms with E-state index in [0.29, 0.717) is 5.56 Å². The van der Waals surface area contributed by atoms with Crippen molar-refractivity contribution in [1.29, 1.82) is 0 Å². The van der Waals surface area contributed by atoms with E-state index < -0.39 is 30.2 Å². The Morgan fingerprint density at radius 2 is 2.11 bits per heavy atom. The van der Waals surface area contributed by atoms with E-state index in [2.05, 4.69) is 0 Å². The van der Waals surface area contributed by atoms with Gasteiger partial charge in [-0.3, -0.25) is 0 Å². The van der Waals surface area contributed by atoms with Crippen LogP contribution in [0, 0.1) is 12.7 Å². The lowest BCUT2D eigenvalue weighted by molar-refractivity contribution is -0.180. The Kier molecular flexibility index (Phi) is 3.97. The van der Waals surface area contributed by atoms with Crippen molar-refractivity contribution in [2.75, 3.05) is 6.61 Å². The summed E-state index contributed by atoms with van der Waals surface area (Å²) in [4.78, 5) is 0. The molecule has 0 aliphatic carbocycles. The highest BCUT2D eigenvalue weighted by molar-refractivity contribution is 5.28. The maximum atomic E-state index is 14.0. The summed E-state index contributed by atoms with van der Waals surface area (Å²) in [5.74, 6) is -0.452. The number of halogens is 1. The first-order valence-electron chi connectivity index (χ1n) is 5.92. The van der Waals surface area contributed by atoms with Crippen LogP contribution < -0.4 is 0 Å². The first kappa shape index (κ1) is 13.4. The molecule has 0 bridgehead atoms. The van der Waals surface area contributed by atoms with Crippen LogP contribution in [0.15, 0.2) is 18.2 Å². The van der Waals surface area contributed by atoms with Gasteiger partial charge in [0.1, 0.15) is 18.0 Å². The summed E-state index contributed by atoms with van der Waals surface area (Å²) in [6.07, 6.45) is -3.62. The van der Waals surface area contributed by atoms with Crippen LogP contribution >= 0.6 is 0 Å². The van der Waals surface area contributed by atoms with Crippen LogP contribution in [0.5, 0.6) is 0 Å². The number of hydrogen-bond acceptors (Lipinski definition) is 4. The van der Waals surface area contributed by atoms with Gasteiger partial charge in [-0.05, 0) is 12.5 Å². The van der Waals surface area contributed by atoms with Crippen molar-refractivity contribution in [3.63, 3.8) is 0 Å². The van der Waals surface area contributed by atoms with Crippen molar-refractivity contribution in [3.05, 3.63) is 35.1 Å². The minimum atomic E-state index is -1.19. The molecule has 0 radical (unpaired) electrons. The number of rotatable bonds is 2. The van der Waals surface area contributed by atoms with Crippen molar-refractivity contribution in [2.45, 2.75) is 37.8 Å². The molecule has 2 rings (SSSR count). The zero-order valence-corrected chi connectivity index (χ0v) is 10.1. The Labute approximate surface area is 105 Å². The second-order valence-corrected chi connectivity index (χ2v) is 4.63. The number of benzene rings is 1. The molecule has 100 valence electrons. The van der Waals surface area contributed by atoms with Crippen LogP contribution in [-0.2, 0) is 4.74 Å². The molecule has 1 aromatic rings. The smallest absolute Gasteiger partial charge is 0.132 e. The van der Waals surface area contributed by atoms with Crippen molar-refractivity contribution in [1.82, 2.24) is 0 Å². The Bertz CT molecular complexity index is 423. The first-order chi connectivity index (χ1) is 8.54. The third-order valence-electron chi connectivity index (χ3n) is 3.28. The summed E-state index contributed by atoms with van der Waals surface area (Å²) in [7, 11) is 0. The Morgan fingerprint density at radius 1 is 1.39 bits per heavy atom. The summed E-state index contributed by atoms with van der Waals surface area (Å²) in [6, 6.07) is 4.80. The lowest BCUT2D eigenvalue weighted by Crippen LogP contribution is -2.44. The average Bonchev–Trinajstić information content (AvgIpc) is 2.36. The van der Waals surface area contributed by atoms with Gasteiger partial charge in [0.15, 0.2) is 0 Å². The molecule has 3 unspecified atom stereocenters. The molecule has 18 heavy (non-hydrogen) atoms. The lowest BCUT2D eigenvalue weighted by atomic mass is 9.92. The van der Waals surface area contributed by atoms with Gasteiger partial charge in [-0.25, -0.2) is 4.39 Å². The van der Waals surface area contributed by atoms with Crippen molar-refractivity contribution in [3.8, 4) is 0 Å². The number of ether oxygens (including phenoxy) is 1. The molecule has 1 aliphatic heterocycles.